The van der Waals surface area contributed by atoms with Crippen LogP contribution in [0.1, 0.15) is 11.1 Å². The molecule has 0 fully saturated rings. The number of hydrogen-bond acceptors (Lipinski definition) is 2. The van der Waals surface area contributed by atoms with E-state index < -0.39 is 0 Å². The van der Waals surface area contributed by atoms with Crippen molar-refractivity contribution in [2.75, 3.05) is 0 Å². The Kier molecular flexibility index (Phi) is 4.72. The first-order chi connectivity index (χ1) is 8.25. The van der Waals surface area contributed by atoms with Crippen molar-refractivity contribution in [3.8, 4) is 0 Å². The average molecular weight is 284 g/mol. The first-order valence-corrected chi connectivity index (χ1v) is 7.08. The number of hydrogen-bond donors (Lipinski definition) is 0. The molecule has 0 saturated heterocycles. The molecule has 0 unspecified atom stereocenters. The zero-order chi connectivity index (χ0) is 12.1. The Balaban J connectivity index is 1.90. The zero-order valence-corrected chi connectivity index (χ0v) is 11.4. The van der Waals surface area contributed by atoms with Crippen molar-refractivity contribution < 1.29 is 0 Å². The molecule has 0 saturated carbocycles. The van der Waals surface area contributed by atoms with Crippen LogP contribution in [0.2, 0.25) is 10.2 Å². The molecule has 0 aliphatic rings. The fourth-order valence-electron chi connectivity index (χ4n) is 1.43. The summed E-state index contributed by atoms with van der Waals surface area (Å²) in [5.41, 5.74) is 2.35. The number of halogens is 2. The molecule has 0 N–H and O–H groups in total. The van der Waals surface area contributed by atoms with Crippen LogP contribution < -0.4 is 0 Å². The second-order valence-electron chi connectivity index (χ2n) is 3.57. The van der Waals surface area contributed by atoms with Gasteiger partial charge in [-0.05, 0) is 29.3 Å². The summed E-state index contributed by atoms with van der Waals surface area (Å²) in [5, 5.41) is 1.37. The van der Waals surface area contributed by atoms with Crippen LogP contribution >= 0.6 is 35.0 Å². The quantitative estimate of drug-likeness (QED) is 0.746. The summed E-state index contributed by atoms with van der Waals surface area (Å²) < 4.78 is 0. The Labute approximate surface area is 115 Å². The highest BCUT2D eigenvalue weighted by molar-refractivity contribution is 7.97. The average Bonchev–Trinajstić information content (AvgIpc) is 2.32. The first kappa shape index (κ1) is 12.7. The van der Waals surface area contributed by atoms with Gasteiger partial charge in [-0.15, -0.1) is 0 Å². The molecule has 0 aliphatic carbocycles. The zero-order valence-electron chi connectivity index (χ0n) is 9.07. The summed E-state index contributed by atoms with van der Waals surface area (Å²) in [6, 6.07) is 11.8. The van der Waals surface area contributed by atoms with Gasteiger partial charge < -0.3 is 0 Å². The van der Waals surface area contributed by atoms with Crippen molar-refractivity contribution in [3.05, 3.63) is 63.9 Å². The van der Waals surface area contributed by atoms with Crippen LogP contribution in [-0.2, 0) is 11.5 Å². The summed E-state index contributed by atoms with van der Waals surface area (Å²) in [5.74, 6) is 1.81. The molecular formula is C13H11Cl2NS. The second kappa shape index (κ2) is 6.29. The summed E-state index contributed by atoms with van der Waals surface area (Å²) in [7, 11) is 0. The Morgan fingerprint density at radius 2 is 1.88 bits per heavy atom. The van der Waals surface area contributed by atoms with E-state index in [1.54, 1.807) is 6.20 Å². The lowest BCUT2D eigenvalue weighted by molar-refractivity contribution is 1.27. The number of nitrogens with zero attached hydrogens (tertiary/aromatic N) is 1. The standard InChI is InChI=1S/C13H11Cl2NS/c14-12-4-2-1-3-11(12)9-17-8-10-5-6-16-13(15)7-10/h1-7H,8-9H2. The SMILES string of the molecule is Clc1cc(CSCc2ccccc2Cl)ccn1. The normalized spacial score (nSPS) is 10.5. The van der Waals surface area contributed by atoms with Crippen LogP contribution in [0.15, 0.2) is 42.6 Å². The molecule has 88 valence electrons. The number of benzene rings is 1. The van der Waals surface area contributed by atoms with Crippen molar-refractivity contribution in [1.29, 1.82) is 0 Å². The number of thioether (sulfide) groups is 1. The smallest absolute Gasteiger partial charge is 0.129 e. The van der Waals surface area contributed by atoms with E-state index in [9.17, 15) is 0 Å². The molecular weight excluding hydrogens is 273 g/mol. The predicted octanol–water partition coefficient (Wildman–Crippen LogP) is 4.82. The fourth-order valence-corrected chi connectivity index (χ4v) is 2.89. The predicted molar refractivity (Wildman–Crippen MR) is 75.7 cm³/mol. The van der Waals surface area contributed by atoms with E-state index in [0.717, 1.165) is 16.5 Å². The highest BCUT2D eigenvalue weighted by atomic mass is 35.5. The Morgan fingerprint density at radius 3 is 2.65 bits per heavy atom. The highest BCUT2D eigenvalue weighted by Gasteiger charge is 2.00. The lowest BCUT2D eigenvalue weighted by Gasteiger charge is -2.04. The van der Waals surface area contributed by atoms with Crippen molar-refractivity contribution in [2.24, 2.45) is 0 Å². The van der Waals surface area contributed by atoms with Gasteiger partial charge in [0.25, 0.3) is 0 Å². The lowest BCUT2D eigenvalue weighted by atomic mass is 10.2. The number of rotatable bonds is 4. The second-order valence-corrected chi connectivity index (χ2v) is 5.35. The van der Waals surface area contributed by atoms with Crippen LogP contribution in [0.4, 0.5) is 0 Å². The van der Waals surface area contributed by atoms with Gasteiger partial charge in [-0.1, -0.05) is 41.4 Å². The van der Waals surface area contributed by atoms with Gasteiger partial charge in [0.05, 0.1) is 0 Å². The van der Waals surface area contributed by atoms with Crippen LogP contribution in [0.3, 0.4) is 0 Å². The van der Waals surface area contributed by atoms with Crippen molar-refractivity contribution >= 4 is 35.0 Å². The third-order valence-electron chi connectivity index (χ3n) is 2.28. The summed E-state index contributed by atoms with van der Waals surface area (Å²) in [6.45, 7) is 0. The van der Waals surface area contributed by atoms with Crippen LogP contribution in [0.5, 0.6) is 0 Å². The highest BCUT2D eigenvalue weighted by Crippen LogP contribution is 2.23. The van der Waals surface area contributed by atoms with Gasteiger partial charge in [-0.25, -0.2) is 4.98 Å². The topological polar surface area (TPSA) is 12.9 Å². The van der Waals surface area contributed by atoms with Gasteiger partial charge in [0.15, 0.2) is 0 Å². The molecule has 4 heteroatoms. The maximum absolute atomic E-state index is 6.09. The van der Waals surface area contributed by atoms with E-state index in [1.807, 2.05) is 42.1 Å². The van der Waals surface area contributed by atoms with Gasteiger partial charge in [0, 0.05) is 22.7 Å². The Morgan fingerprint density at radius 1 is 1.06 bits per heavy atom. The fraction of sp³-hybridized carbons (Fsp3) is 0.154. The summed E-state index contributed by atoms with van der Waals surface area (Å²) in [4.78, 5) is 3.96. The molecule has 2 rings (SSSR count). The van der Waals surface area contributed by atoms with Crippen LogP contribution in [-0.4, -0.2) is 4.98 Å². The Hall–Kier alpha value is -0.700. The van der Waals surface area contributed by atoms with Gasteiger partial charge in [-0.2, -0.15) is 11.8 Å². The maximum Gasteiger partial charge on any atom is 0.129 e. The summed E-state index contributed by atoms with van der Waals surface area (Å²) >= 11 is 13.7. The number of pyridine rings is 1. The van der Waals surface area contributed by atoms with E-state index in [1.165, 1.54) is 11.1 Å². The molecule has 0 atom stereocenters. The molecule has 1 nitrogen and oxygen atoms in total. The van der Waals surface area contributed by atoms with Gasteiger partial charge >= 0.3 is 0 Å². The number of aromatic nitrogens is 1. The molecule has 1 aromatic heterocycles. The molecule has 0 radical (unpaired) electrons. The molecule has 17 heavy (non-hydrogen) atoms. The molecule has 0 amide bonds. The van der Waals surface area contributed by atoms with Gasteiger partial charge in [0.2, 0.25) is 0 Å². The molecule has 0 spiro atoms. The van der Waals surface area contributed by atoms with Crippen LogP contribution in [0, 0.1) is 0 Å². The van der Waals surface area contributed by atoms with Crippen molar-refractivity contribution in [2.45, 2.75) is 11.5 Å². The largest absolute Gasteiger partial charge is 0.245 e. The van der Waals surface area contributed by atoms with E-state index in [2.05, 4.69) is 11.1 Å². The monoisotopic (exact) mass is 283 g/mol. The molecule has 1 heterocycles. The minimum absolute atomic E-state index is 0.542. The van der Waals surface area contributed by atoms with Crippen molar-refractivity contribution in [3.63, 3.8) is 0 Å². The van der Waals surface area contributed by atoms with Crippen LogP contribution in [0.25, 0.3) is 0 Å². The van der Waals surface area contributed by atoms with E-state index in [4.69, 9.17) is 23.2 Å². The minimum Gasteiger partial charge on any atom is -0.245 e. The van der Waals surface area contributed by atoms with Crippen molar-refractivity contribution in [1.82, 2.24) is 4.98 Å². The maximum atomic E-state index is 6.09. The third kappa shape index (κ3) is 3.91. The third-order valence-corrected chi connectivity index (χ3v) is 3.90. The van der Waals surface area contributed by atoms with E-state index in [0.29, 0.717) is 5.15 Å². The van der Waals surface area contributed by atoms with Gasteiger partial charge in [0.1, 0.15) is 5.15 Å². The van der Waals surface area contributed by atoms with E-state index >= 15 is 0 Å². The first-order valence-electron chi connectivity index (χ1n) is 5.17. The Bertz CT molecular complexity index is 502. The molecule has 2 aromatic rings. The van der Waals surface area contributed by atoms with E-state index in [-0.39, 0.29) is 0 Å². The molecule has 1 aromatic carbocycles. The molecule has 0 bridgehead atoms. The minimum atomic E-state index is 0.542. The molecule has 0 aliphatic heterocycles. The summed E-state index contributed by atoms with van der Waals surface area (Å²) in [6.07, 6.45) is 1.73. The lowest BCUT2D eigenvalue weighted by Crippen LogP contribution is -1.85. The van der Waals surface area contributed by atoms with Gasteiger partial charge in [-0.3, -0.25) is 0 Å².